The predicted molar refractivity (Wildman–Crippen MR) is 63.5 cm³/mol. The van der Waals surface area contributed by atoms with Gasteiger partial charge in [-0.05, 0) is 18.2 Å². The van der Waals surface area contributed by atoms with Crippen LogP contribution < -0.4 is 0 Å². The average molecular weight is 288 g/mol. The molecule has 6 nitrogen and oxygen atoms in total. The topological polar surface area (TPSA) is 105 Å². The number of aromatic carboxylic acids is 1. The van der Waals surface area contributed by atoms with Gasteiger partial charge in [0, 0.05) is 11.6 Å². The molecule has 18 heavy (non-hydrogen) atoms. The van der Waals surface area contributed by atoms with E-state index in [1.807, 2.05) is 0 Å². The first kappa shape index (κ1) is 12.7. The Labute approximate surface area is 107 Å². The van der Waals surface area contributed by atoms with Gasteiger partial charge in [-0.2, -0.15) is 8.42 Å². The Bertz CT molecular complexity index is 756. The first-order chi connectivity index (χ1) is 8.32. The van der Waals surface area contributed by atoms with E-state index in [1.54, 1.807) is 0 Å². The van der Waals surface area contributed by atoms with Gasteiger partial charge in [-0.3, -0.25) is 9.54 Å². The van der Waals surface area contributed by atoms with E-state index < -0.39 is 26.5 Å². The molecule has 0 radical (unpaired) electrons. The highest BCUT2D eigenvalue weighted by atomic mass is 35.5. The van der Waals surface area contributed by atoms with Crippen LogP contribution in [0.1, 0.15) is 10.4 Å². The van der Waals surface area contributed by atoms with E-state index in [4.69, 9.17) is 21.3 Å². The van der Waals surface area contributed by atoms with Crippen molar-refractivity contribution in [1.82, 2.24) is 4.98 Å². The van der Waals surface area contributed by atoms with Gasteiger partial charge in [-0.15, -0.1) is 0 Å². The van der Waals surface area contributed by atoms with E-state index in [0.717, 1.165) is 6.07 Å². The standard InChI is InChI=1S/C10H6ClNO5S/c11-8-5-2-1-3-12-9(5)7(18(15,16)17)4-6(8)10(13)14/h1-4H,(H,13,14)(H,15,16,17). The van der Waals surface area contributed by atoms with Crippen molar-refractivity contribution in [3.63, 3.8) is 0 Å². The van der Waals surface area contributed by atoms with Crippen LogP contribution in [0.2, 0.25) is 5.02 Å². The van der Waals surface area contributed by atoms with Gasteiger partial charge < -0.3 is 5.11 Å². The van der Waals surface area contributed by atoms with Gasteiger partial charge in [-0.1, -0.05) is 11.6 Å². The number of hydrogen-bond acceptors (Lipinski definition) is 4. The molecule has 94 valence electrons. The fourth-order valence-corrected chi connectivity index (χ4v) is 2.50. The van der Waals surface area contributed by atoms with Crippen molar-refractivity contribution in [3.8, 4) is 0 Å². The molecular weight excluding hydrogens is 282 g/mol. The van der Waals surface area contributed by atoms with Crippen LogP contribution in [0.15, 0.2) is 29.3 Å². The highest BCUT2D eigenvalue weighted by Crippen LogP contribution is 2.31. The van der Waals surface area contributed by atoms with Gasteiger partial charge in [0.2, 0.25) is 0 Å². The molecular formula is C10H6ClNO5S. The van der Waals surface area contributed by atoms with E-state index in [1.165, 1.54) is 18.3 Å². The summed E-state index contributed by atoms with van der Waals surface area (Å²) in [5, 5.41) is 8.95. The summed E-state index contributed by atoms with van der Waals surface area (Å²) in [6, 6.07) is 3.69. The van der Waals surface area contributed by atoms with Crippen molar-refractivity contribution >= 4 is 38.6 Å². The number of hydrogen-bond donors (Lipinski definition) is 2. The molecule has 0 aliphatic heterocycles. The Morgan fingerprint density at radius 1 is 1.39 bits per heavy atom. The number of aromatic nitrogens is 1. The molecule has 2 N–H and O–H groups in total. The molecule has 0 aliphatic rings. The fourth-order valence-electron chi connectivity index (χ4n) is 1.54. The average Bonchev–Trinajstić information content (AvgIpc) is 2.27. The number of rotatable bonds is 2. The van der Waals surface area contributed by atoms with Crippen molar-refractivity contribution in [2.75, 3.05) is 0 Å². The van der Waals surface area contributed by atoms with Crippen LogP contribution in [0, 0.1) is 0 Å². The lowest BCUT2D eigenvalue weighted by atomic mass is 10.1. The maximum Gasteiger partial charge on any atom is 0.337 e. The zero-order chi connectivity index (χ0) is 13.5. The Morgan fingerprint density at radius 3 is 2.61 bits per heavy atom. The molecule has 0 atom stereocenters. The third-order valence-corrected chi connectivity index (χ3v) is 3.57. The molecule has 1 heterocycles. The van der Waals surface area contributed by atoms with Crippen LogP contribution >= 0.6 is 11.6 Å². The second-order valence-electron chi connectivity index (χ2n) is 3.42. The smallest absolute Gasteiger partial charge is 0.337 e. The Kier molecular flexibility index (Phi) is 2.97. The van der Waals surface area contributed by atoms with E-state index in [9.17, 15) is 13.2 Å². The number of halogens is 1. The Balaban J connectivity index is 3.03. The zero-order valence-corrected chi connectivity index (χ0v) is 10.2. The molecule has 1 aromatic heterocycles. The highest BCUT2D eigenvalue weighted by Gasteiger charge is 2.22. The molecule has 0 amide bonds. The summed E-state index contributed by atoms with van der Waals surface area (Å²) in [5.41, 5.74) is -0.486. The predicted octanol–water partition coefficient (Wildman–Crippen LogP) is 1.83. The normalized spacial score (nSPS) is 11.7. The number of fused-ring (bicyclic) bond motifs is 1. The second kappa shape index (κ2) is 4.20. The minimum Gasteiger partial charge on any atom is -0.478 e. The third kappa shape index (κ3) is 2.03. The molecule has 0 fully saturated rings. The SMILES string of the molecule is O=C(O)c1cc(S(=O)(=O)O)c2ncccc2c1Cl. The summed E-state index contributed by atoms with van der Waals surface area (Å²) in [4.78, 5) is 14.2. The first-order valence-corrected chi connectivity index (χ1v) is 6.42. The second-order valence-corrected chi connectivity index (χ2v) is 5.18. The Morgan fingerprint density at radius 2 is 2.06 bits per heavy atom. The molecule has 2 rings (SSSR count). The van der Waals surface area contributed by atoms with Crippen molar-refractivity contribution in [1.29, 1.82) is 0 Å². The molecule has 0 saturated carbocycles. The third-order valence-electron chi connectivity index (χ3n) is 2.30. The lowest BCUT2D eigenvalue weighted by molar-refractivity contribution is 0.0697. The van der Waals surface area contributed by atoms with Crippen LogP contribution in [0.25, 0.3) is 10.9 Å². The van der Waals surface area contributed by atoms with Crippen molar-refractivity contribution < 1.29 is 22.9 Å². The van der Waals surface area contributed by atoms with Crippen LogP contribution in [-0.2, 0) is 10.1 Å². The van der Waals surface area contributed by atoms with Crippen molar-refractivity contribution in [3.05, 3.63) is 35.0 Å². The summed E-state index contributed by atoms with van der Waals surface area (Å²) in [7, 11) is -4.59. The number of benzene rings is 1. The molecule has 0 saturated heterocycles. The Hall–Kier alpha value is -1.70. The number of carboxylic acids is 1. The van der Waals surface area contributed by atoms with E-state index in [2.05, 4.69) is 4.98 Å². The zero-order valence-electron chi connectivity index (χ0n) is 8.66. The summed E-state index contributed by atoms with van der Waals surface area (Å²) < 4.78 is 31.5. The quantitative estimate of drug-likeness (QED) is 0.817. The molecule has 8 heteroatoms. The number of carboxylic acid groups (broad SMARTS) is 1. The molecule has 0 bridgehead atoms. The van der Waals surface area contributed by atoms with E-state index >= 15 is 0 Å². The lowest BCUT2D eigenvalue weighted by Gasteiger charge is -2.07. The largest absolute Gasteiger partial charge is 0.478 e. The van der Waals surface area contributed by atoms with Gasteiger partial charge in [0.15, 0.2) is 0 Å². The van der Waals surface area contributed by atoms with E-state index in [-0.39, 0.29) is 15.9 Å². The highest BCUT2D eigenvalue weighted by molar-refractivity contribution is 7.86. The lowest BCUT2D eigenvalue weighted by Crippen LogP contribution is -2.05. The van der Waals surface area contributed by atoms with Crippen LogP contribution in [0.3, 0.4) is 0 Å². The van der Waals surface area contributed by atoms with Gasteiger partial charge in [-0.25, -0.2) is 4.79 Å². The molecule has 0 spiro atoms. The summed E-state index contributed by atoms with van der Waals surface area (Å²) in [6.07, 6.45) is 1.31. The van der Waals surface area contributed by atoms with E-state index in [0.29, 0.717) is 0 Å². The molecule has 2 aromatic rings. The fraction of sp³-hybridized carbons (Fsp3) is 0. The van der Waals surface area contributed by atoms with Crippen molar-refractivity contribution in [2.45, 2.75) is 4.90 Å². The number of nitrogens with zero attached hydrogens (tertiary/aromatic N) is 1. The summed E-state index contributed by atoms with van der Waals surface area (Å²) in [6.45, 7) is 0. The molecule has 0 unspecified atom stereocenters. The minimum absolute atomic E-state index is 0.0741. The van der Waals surface area contributed by atoms with Gasteiger partial charge >= 0.3 is 5.97 Å². The minimum atomic E-state index is -4.59. The summed E-state index contributed by atoms with van der Waals surface area (Å²) in [5.74, 6) is -1.39. The molecule has 0 aliphatic carbocycles. The monoisotopic (exact) mass is 287 g/mol. The van der Waals surface area contributed by atoms with Gasteiger partial charge in [0.1, 0.15) is 4.90 Å². The van der Waals surface area contributed by atoms with Gasteiger partial charge in [0.05, 0.1) is 16.1 Å². The summed E-state index contributed by atoms with van der Waals surface area (Å²) >= 11 is 5.86. The molecule has 1 aromatic carbocycles. The van der Waals surface area contributed by atoms with Crippen LogP contribution in [0.5, 0.6) is 0 Å². The van der Waals surface area contributed by atoms with Gasteiger partial charge in [0.25, 0.3) is 10.1 Å². The maximum atomic E-state index is 11.2. The van der Waals surface area contributed by atoms with Crippen LogP contribution in [-0.4, -0.2) is 29.0 Å². The van der Waals surface area contributed by atoms with Crippen molar-refractivity contribution in [2.24, 2.45) is 0 Å². The maximum absolute atomic E-state index is 11.2. The van der Waals surface area contributed by atoms with Crippen LogP contribution in [0.4, 0.5) is 0 Å². The number of carbonyl (C=O) groups is 1. The number of pyridine rings is 1. The first-order valence-electron chi connectivity index (χ1n) is 4.60.